The number of aromatic nitrogens is 3. The Morgan fingerprint density at radius 2 is 1.91 bits per heavy atom. The maximum absolute atomic E-state index is 13.7. The number of thiazole rings is 1. The highest BCUT2D eigenvalue weighted by atomic mass is 32.2. The molecule has 0 aliphatic carbocycles. The van der Waals surface area contributed by atoms with Crippen molar-refractivity contribution in [2.24, 2.45) is 5.92 Å². The molecule has 0 unspecified atom stereocenters. The average Bonchev–Trinajstić information content (AvgIpc) is 3.30. The number of nitrogens with zero attached hydrogens (tertiary/aromatic N) is 4. The van der Waals surface area contributed by atoms with Crippen LogP contribution in [0.2, 0.25) is 0 Å². The van der Waals surface area contributed by atoms with Crippen LogP contribution in [0.4, 0.5) is 23.4 Å². The highest BCUT2D eigenvalue weighted by Gasteiger charge is 2.41. The monoisotopic (exact) mass is 484 g/mol. The Morgan fingerprint density at radius 1 is 1.19 bits per heavy atom. The summed E-state index contributed by atoms with van der Waals surface area (Å²) < 4.78 is 55.6. The van der Waals surface area contributed by atoms with Gasteiger partial charge in [0.1, 0.15) is 10.0 Å². The summed E-state index contributed by atoms with van der Waals surface area (Å²) in [5.41, 5.74) is 2.29. The Kier molecular flexibility index (Phi) is 6.53. The number of benzene rings is 1. The van der Waals surface area contributed by atoms with Crippen molar-refractivity contribution in [3.63, 3.8) is 0 Å². The third-order valence-electron chi connectivity index (χ3n) is 5.40. The smallest absolute Gasteiger partial charge is 0.355 e. The van der Waals surface area contributed by atoms with E-state index in [0.29, 0.717) is 23.5 Å². The first-order valence-corrected chi connectivity index (χ1v) is 12.1. The highest BCUT2D eigenvalue weighted by Crippen LogP contribution is 2.42. The molecule has 1 aromatic carbocycles. The normalized spacial score (nSPS) is 15.7. The lowest BCUT2D eigenvalue weighted by molar-refractivity contribution is -0.179. The number of rotatable bonds is 5. The van der Waals surface area contributed by atoms with Crippen molar-refractivity contribution >= 4 is 28.9 Å². The second kappa shape index (κ2) is 9.05. The molecule has 1 aliphatic rings. The van der Waals surface area contributed by atoms with E-state index < -0.39 is 12.1 Å². The van der Waals surface area contributed by atoms with E-state index in [4.69, 9.17) is 4.98 Å². The second-order valence-electron chi connectivity index (χ2n) is 8.16. The summed E-state index contributed by atoms with van der Waals surface area (Å²) >= 11 is 3.13. The molecule has 3 aromatic rings. The van der Waals surface area contributed by atoms with Crippen LogP contribution in [-0.2, 0) is 0 Å². The lowest BCUT2D eigenvalue weighted by Gasteiger charge is -2.33. The molecule has 1 aliphatic heterocycles. The number of alkyl halides is 3. The Morgan fingerprint density at radius 3 is 2.53 bits per heavy atom. The Bertz CT molecular complexity index is 1080. The quantitative estimate of drug-likeness (QED) is 0.297. The van der Waals surface area contributed by atoms with Gasteiger partial charge in [0.25, 0.3) is 0 Å². The van der Waals surface area contributed by atoms with Crippen molar-refractivity contribution in [1.29, 1.82) is 0 Å². The number of hydrogen-bond donors (Lipinski definition) is 0. The Labute approximate surface area is 192 Å². The Balaban J connectivity index is 1.64. The summed E-state index contributed by atoms with van der Waals surface area (Å²) in [5, 5.41) is 5.52. The fourth-order valence-electron chi connectivity index (χ4n) is 3.79. The highest BCUT2D eigenvalue weighted by molar-refractivity contribution is 8.01. The van der Waals surface area contributed by atoms with Gasteiger partial charge in [0.05, 0.1) is 11.6 Å². The number of aryl methyl sites for hydroxylation is 1. The van der Waals surface area contributed by atoms with Gasteiger partial charge in [0.15, 0.2) is 5.82 Å². The minimum Gasteiger partial charge on any atom is -0.355 e. The summed E-state index contributed by atoms with van der Waals surface area (Å²) in [5.74, 6) is -0.838. The number of thioether (sulfide) groups is 1. The van der Waals surface area contributed by atoms with E-state index in [1.54, 1.807) is 22.5 Å². The fourth-order valence-corrected chi connectivity index (χ4v) is 6.25. The predicted molar refractivity (Wildman–Crippen MR) is 121 cm³/mol. The van der Waals surface area contributed by atoms with Crippen molar-refractivity contribution in [2.75, 3.05) is 18.0 Å². The van der Waals surface area contributed by atoms with Crippen molar-refractivity contribution in [1.82, 2.24) is 14.8 Å². The van der Waals surface area contributed by atoms with Crippen molar-refractivity contribution in [3.8, 4) is 16.3 Å². The van der Waals surface area contributed by atoms with E-state index in [0.717, 1.165) is 26.8 Å². The number of anilines is 1. The molecule has 1 fully saturated rings. The molecule has 2 aromatic heterocycles. The molecule has 4 nitrogen and oxygen atoms in total. The standard InChI is InChI=1S/C22H24F4N4S2/c1-13(2)31-20-19(29-9-7-16(8-10-29)22(24,25)26)27-21(32-20)30-12-18(14(3)28-30)15-5-4-6-17(23)11-15/h4-6,11-13,16H,7-10H2,1-3H3. The van der Waals surface area contributed by atoms with Crippen LogP contribution in [0.25, 0.3) is 16.3 Å². The van der Waals surface area contributed by atoms with Crippen molar-refractivity contribution in [3.05, 3.63) is 42.0 Å². The zero-order valence-electron chi connectivity index (χ0n) is 18.0. The van der Waals surface area contributed by atoms with Crippen LogP contribution in [0.5, 0.6) is 0 Å². The molecule has 0 spiro atoms. The van der Waals surface area contributed by atoms with Gasteiger partial charge in [-0.2, -0.15) is 23.3 Å². The van der Waals surface area contributed by atoms with Gasteiger partial charge in [-0.05, 0) is 37.5 Å². The molecule has 4 rings (SSSR count). The maximum atomic E-state index is 13.7. The van der Waals surface area contributed by atoms with Gasteiger partial charge in [0.2, 0.25) is 5.13 Å². The summed E-state index contributed by atoms with van der Waals surface area (Å²) in [6.07, 6.45) is -2.17. The van der Waals surface area contributed by atoms with Crippen LogP contribution in [-0.4, -0.2) is 39.3 Å². The molecule has 0 saturated carbocycles. The summed E-state index contributed by atoms with van der Waals surface area (Å²) in [7, 11) is 0. The van der Waals surface area contributed by atoms with Gasteiger partial charge < -0.3 is 4.90 Å². The average molecular weight is 485 g/mol. The van der Waals surface area contributed by atoms with E-state index in [1.165, 1.54) is 23.5 Å². The molecule has 10 heteroatoms. The molecule has 1 saturated heterocycles. The Hall–Kier alpha value is -2.07. The van der Waals surface area contributed by atoms with Gasteiger partial charge in [-0.15, -0.1) is 11.8 Å². The number of halogens is 4. The molecule has 0 bridgehead atoms. The third-order valence-corrected chi connectivity index (χ3v) is 7.63. The topological polar surface area (TPSA) is 34.0 Å². The summed E-state index contributed by atoms with van der Waals surface area (Å²) in [4.78, 5) is 6.73. The molecule has 172 valence electrons. The van der Waals surface area contributed by atoms with Gasteiger partial charge in [-0.25, -0.2) is 9.07 Å². The van der Waals surface area contributed by atoms with E-state index in [2.05, 4.69) is 18.9 Å². The minimum atomic E-state index is -4.14. The van der Waals surface area contributed by atoms with Gasteiger partial charge in [-0.1, -0.05) is 37.3 Å². The van der Waals surface area contributed by atoms with Crippen LogP contribution < -0.4 is 4.90 Å². The zero-order chi connectivity index (χ0) is 23.0. The van der Waals surface area contributed by atoms with Crippen molar-refractivity contribution < 1.29 is 17.6 Å². The van der Waals surface area contributed by atoms with Crippen LogP contribution in [0.15, 0.2) is 34.7 Å². The third kappa shape index (κ3) is 4.96. The van der Waals surface area contributed by atoms with E-state index in [-0.39, 0.29) is 18.7 Å². The first-order valence-electron chi connectivity index (χ1n) is 10.4. The van der Waals surface area contributed by atoms with E-state index >= 15 is 0 Å². The summed E-state index contributed by atoms with van der Waals surface area (Å²) in [6.45, 7) is 6.65. The van der Waals surface area contributed by atoms with Crippen LogP contribution in [0, 0.1) is 18.7 Å². The minimum absolute atomic E-state index is 0.0761. The van der Waals surface area contributed by atoms with E-state index in [1.807, 2.05) is 24.1 Å². The van der Waals surface area contributed by atoms with E-state index in [9.17, 15) is 17.6 Å². The number of hydrogen-bond acceptors (Lipinski definition) is 5. The van der Waals surface area contributed by atoms with Crippen LogP contribution in [0.1, 0.15) is 32.4 Å². The second-order valence-corrected chi connectivity index (χ2v) is 11.0. The molecule has 0 atom stereocenters. The molecule has 3 heterocycles. The lowest BCUT2D eigenvalue weighted by Crippen LogP contribution is -2.39. The molecular formula is C22H24F4N4S2. The molecule has 0 radical (unpaired) electrons. The molecule has 0 N–H and O–H groups in total. The van der Waals surface area contributed by atoms with Gasteiger partial charge in [-0.3, -0.25) is 0 Å². The number of piperidine rings is 1. The van der Waals surface area contributed by atoms with Gasteiger partial charge in [0, 0.05) is 30.1 Å². The maximum Gasteiger partial charge on any atom is 0.391 e. The van der Waals surface area contributed by atoms with Crippen LogP contribution >= 0.6 is 23.1 Å². The molecular weight excluding hydrogens is 460 g/mol. The lowest BCUT2D eigenvalue weighted by atomic mass is 9.96. The zero-order valence-corrected chi connectivity index (χ0v) is 19.6. The van der Waals surface area contributed by atoms with Gasteiger partial charge >= 0.3 is 6.18 Å². The fraction of sp³-hybridized carbons (Fsp3) is 0.455. The SMILES string of the molecule is Cc1nn(-c2nc(N3CCC(C(F)(F)F)CC3)c(SC(C)C)s2)cc1-c1cccc(F)c1. The molecule has 32 heavy (non-hydrogen) atoms. The summed E-state index contributed by atoms with van der Waals surface area (Å²) in [6, 6.07) is 6.35. The molecule has 0 amide bonds. The predicted octanol–water partition coefficient (Wildman–Crippen LogP) is 6.72. The first kappa shape index (κ1) is 23.1. The van der Waals surface area contributed by atoms with Crippen molar-refractivity contribution in [2.45, 2.75) is 49.2 Å². The first-order chi connectivity index (χ1) is 15.1. The largest absolute Gasteiger partial charge is 0.391 e. The van der Waals surface area contributed by atoms with Crippen LogP contribution in [0.3, 0.4) is 0 Å².